The summed E-state index contributed by atoms with van der Waals surface area (Å²) >= 11 is 0. The number of hydrogen-bond donors (Lipinski definition) is 1. The highest BCUT2D eigenvalue weighted by Gasteiger charge is 1.98. The highest BCUT2D eigenvalue weighted by atomic mass is 16.6. The molecule has 8 heavy (non-hydrogen) atoms. The maximum Gasteiger partial charge on any atom is 0.0885 e. The van der Waals surface area contributed by atoms with E-state index in [0.29, 0.717) is 0 Å². The lowest BCUT2D eigenvalue weighted by molar-refractivity contribution is 0.0483. The van der Waals surface area contributed by atoms with Crippen LogP contribution in [0.25, 0.3) is 0 Å². The lowest BCUT2D eigenvalue weighted by Crippen LogP contribution is -2.27. The molecule has 0 aliphatic carbocycles. The lowest BCUT2D eigenvalue weighted by Gasteiger charge is -2.13. The summed E-state index contributed by atoms with van der Waals surface area (Å²) in [5, 5.41) is 0. The molecule has 0 unspecified atom stereocenters. The molecule has 0 rings (SSSR count). The highest BCUT2D eigenvalue weighted by Crippen LogP contribution is 1.85. The van der Waals surface area contributed by atoms with Gasteiger partial charge in [-0.05, 0) is 21.0 Å². The van der Waals surface area contributed by atoms with Crippen LogP contribution in [0, 0.1) is 0 Å². The first-order valence-electron chi connectivity index (χ1n) is 2.67. The first-order valence-corrected chi connectivity index (χ1v) is 2.67. The van der Waals surface area contributed by atoms with Crippen molar-refractivity contribution in [2.75, 3.05) is 20.6 Å². The summed E-state index contributed by atoms with van der Waals surface area (Å²) in [4.78, 5) is 6.54. The second-order valence-corrected chi connectivity index (χ2v) is 2.21. The summed E-state index contributed by atoms with van der Waals surface area (Å²) in [6.07, 6.45) is 0.130. The Balaban J connectivity index is 3.10. The number of hydrogen-bond acceptors (Lipinski definition) is 3. The molecular weight excluding hydrogens is 104 g/mol. The van der Waals surface area contributed by atoms with Crippen LogP contribution in [-0.2, 0) is 4.84 Å². The van der Waals surface area contributed by atoms with Gasteiger partial charge in [0.15, 0.2) is 0 Å². The Labute approximate surface area is 50.4 Å². The van der Waals surface area contributed by atoms with Gasteiger partial charge in [0.05, 0.1) is 6.10 Å². The number of nitrogens with zero attached hydrogens (tertiary/aromatic N) is 1. The predicted molar refractivity (Wildman–Crippen MR) is 33.3 cm³/mol. The van der Waals surface area contributed by atoms with Gasteiger partial charge in [-0.3, -0.25) is 0 Å². The van der Waals surface area contributed by atoms with Crippen molar-refractivity contribution in [1.82, 2.24) is 4.90 Å². The summed E-state index contributed by atoms with van der Waals surface area (Å²) < 4.78 is 0. The molecule has 0 amide bonds. The molecule has 0 saturated heterocycles. The van der Waals surface area contributed by atoms with E-state index in [1.165, 1.54) is 0 Å². The fraction of sp³-hybridized carbons (Fsp3) is 1.00. The molecule has 0 radical (unpaired) electrons. The molecule has 1 atom stereocenters. The molecule has 0 bridgehead atoms. The molecule has 3 nitrogen and oxygen atoms in total. The largest absolute Gasteiger partial charge is 0.307 e. The van der Waals surface area contributed by atoms with Crippen LogP contribution in [0.15, 0.2) is 0 Å². The zero-order valence-corrected chi connectivity index (χ0v) is 5.72. The molecule has 50 valence electrons. The minimum atomic E-state index is 0.130. The summed E-state index contributed by atoms with van der Waals surface area (Å²) in [7, 11) is 3.96. The van der Waals surface area contributed by atoms with E-state index in [4.69, 9.17) is 5.90 Å². The third-order valence-corrected chi connectivity index (χ3v) is 0.855. The molecule has 0 aliphatic rings. The van der Waals surface area contributed by atoms with Crippen LogP contribution in [0.4, 0.5) is 0 Å². The molecule has 0 fully saturated rings. The van der Waals surface area contributed by atoms with Crippen LogP contribution in [0.5, 0.6) is 0 Å². The minimum absolute atomic E-state index is 0.130. The van der Waals surface area contributed by atoms with Crippen molar-refractivity contribution >= 4 is 0 Å². The lowest BCUT2D eigenvalue weighted by atomic mass is 10.4. The average molecular weight is 118 g/mol. The molecule has 0 aromatic rings. The van der Waals surface area contributed by atoms with E-state index in [1.807, 2.05) is 25.9 Å². The third kappa shape index (κ3) is 4.05. The van der Waals surface area contributed by atoms with Crippen molar-refractivity contribution < 1.29 is 4.84 Å². The Morgan fingerprint density at radius 1 is 1.62 bits per heavy atom. The predicted octanol–water partition coefficient (Wildman–Crippen LogP) is -0.173. The topological polar surface area (TPSA) is 38.5 Å². The van der Waals surface area contributed by atoms with Crippen molar-refractivity contribution in [3.05, 3.63) is 0 Å². The average Bonchev–Trinajstić information content (AvgIpc) is 1.65. The van der Waals surface area contributed by atoms with Gasteiger partial charge in [0.1, 0.15) is 0 Å². The summed E-state index contributed by atoms with van der Waals surface area (Å²) in [5.41, 5.74) is 0. The first kappa shape index (κ1) is 7.88. The van der Waals surface area contributed by atoms with Crippen LogP contribution in [0.3, 0.4) is 0 Å². The Bertz CT molecular complexity index is 56.4. The Morgan fingerprint density at radius 3 is 2.25 bits per heavy atom. The zero-order valence-electron chi connectivity index (χ0n) is 5.72. The number of rotatable bonds is 3. The van der Waals surface area contributed by atoms with Crippen LogP contribution < -0.4 is 5.90 Å². The van der Waals surface area contributed by atoms with Gasteiger partial charge in [0.2, 0.25) is 0 Å². The van der Waals surface area contributed by atoms with Gasteiger partial charge < -0.3 is 9.74 Å². The van der Waals surface area contributed by atoms with Gasteiger partial charge in [0, 0.05) is 6.54 Å². The van der Waals surface area contributed by atoms with Crippen molar-refractivity contribution in [3.63, 3.8) is 0 Å². The molecule has 0 saturated carbocycles. The van der Waals surface area contributed by atoms with E-state index < -0.39 is 0 Å². The fourth-order valence-corrected chi connectivity index (χ4v) is 0.557. The second kappa shape index (κ2) is 3.83. The zero-order chi connectivity index (χ0) is 6.57. The Kier molecular flexibility index (Phi) is 3.77. The maximum absolute atomic E-state index is 4.89. The SMILES string of the molecule is C[C@H](CN(C)C)ON. The maximum atomic E-state index is 4.89. The van der Waals surface area contributed by atoms with Gasteiger partial charge in [-0.25, -0.2) is 5.90 Å². The van der Waals surface area contributed by atoms with Gasteiger partial charge in [-0.1, -0.05) is 0 Å². The quantitative estimate of drug-likeness (QED) is 0.523. The van der Waals surface area contributed by atoms with Crippen LogP contribution in [0.2, 0.25) is 0 Å². The minimum Gasteiger partial charge on any atom is -0.307 e. The number of likely N-dealkylation sites (N-methyl/N-ethyl adjacent to an activating group) is 1. The van der Waals surface area contributed by atoms with Gasteiger partial charge >= 0.3 is 0 Å². The second-order valence-electron chi connectivity index (χ2n) is 2.21. The first-order chi connectivity index (χ1) is 3.66. The van der Waals surface area contributed by atoms with E-state index in [2.05, 4.69) is 4.84 Å². The van der Waals surface area contributed by atoms with Crippen molar-refractivity contribution in [2.45, 2.75) is 13.0 Å². The van der Waals surface area contributed by atoms with Crippen molar-refractivity contribution in [1.29, 1.82) is 0 Å². The van der Waals surface area contributed by atoms with Crippen molar-refractivity contribution in [2.24, 2.45) is 5.90 Å². The van der Waals surface area contributed by atoms with Gasteiger partial charge in [-0.15, -0.1) is 0 Å². The molecule has 0 heterocycles. The standard InChI is InChI=1S/C5H14N2O/c1-5(8-6)4-7(2)3/h5H,4,6H2,1-3H3/t5-/m1/s1. The number of nitrogens with two attached hydrogens (primary N) is 1. The summed E-state index contributed by atoms with van der Waals surface area (Å²) in [5.74, 6) is 4.89. The summed E-state index contributed by atoms with van der Waals surface area (Å²) in [6.45, 7) is 2.80. The molecule has 2 N–H and O–H groups in total. The highest BCUT2D eigenvalue weighted by molar-refractivity contribution is 4.50. The van der Waals surface area contributed by atoms with Crippen LogP contribution >= 0.6 is 0 Å². The fourth-order valence-electron chi connectivity index (χ4n) is 0.557. The molecule has 0 aromatic carbocycles. The molecule has 0 spiro atoms. The molecule has 0 aliphatic heterocycles. The Morgan fingerprint density at radius 2 is 2.12 bits per heavy atom. The van der Waals surface area contributed by atoms with Gasteiger partial charge in [-0.2, -0.15) is 0 Å². The van der Waals surface area contributed by atoms with E-state index in [1.54, 1.807) is 0 Å². The Hall–Kier alpha value is -0.120. The van der Waals surface area contributed by atoms with E-state index in [9.17, 15) is 0 Å². The van der Waals surface area contributed by atoms with Crippen LogP contribution in [0.1, 0.15) is 6.92 Å². The normalized spacial score (nSPS) is 14.6. The van der Waals surface area contributed by atoms with E-state index in [-0.39, 0.29) is 6.10 Å². The monoisotopic (exact) mass is 118 g/mol. The van der Waals surface area contributed by atoms with Gasteiger partial charge in [0.25, 0.3) is 0 Å². The van der Waals surface area contributed by atoms with Crippen LogP contribution in [-0.4, -0.2) is 31.6 Å². The third-order valence-electron chi connectivity index (χ3n) is 0.855. The van der Waals surface area contributed by atoms with E-state index in [0.717, 1.165) is 6.54 Å². The molecule has 0 aromatic heterocycles. The molecule has 3 heteroatoms. The van der Waals surface area contributed by atoms with E-state index >= 15 is 0 Å². The van der Waals surface area contributed by atoms with Crippen molar-refractivity contribution in [3.8, 4) is 0 Å². The molecular formula is C5H14N2O. The summed E-state index contributed by atoms with van der Waals surface area (Å²) in [6, 6.07) is 0. The smallest absolute Gasteiger partial charge is 0.0885 e.